The maximum atomic E-state index is 4.55. The van der Waals surface area contributed by atoms with Gasteiger partial charge in [0.1, 0.15) is 0 Å². The highest BCUT2D eigenvalue weighted by Gasteiger charge is 2.35. The van der Waals surface area contributed by atoms with E-state index in [2.05, 4.69) is 39.8 Å². The lowest BCUT2D eigenvalue weighted by atomic mass is 9.73. The average Bonchev–Trinajstić information content (AvgIpc) is 3.09. The van der Waals surface area contributed by atoms with Crippen LogP contribution in [0.25, 0.3) is 0 Å². The summed E-state index contributed by atoms with van der Waals surface area (Å²) in [6, 6.07) is 4.51. The fraction of sp³-hybridized carbons (Fsp3) is 0.667. The first kappa shape index (κ1) is 16.1. The Balaban J connectivity index is 0.00000147. The first-order valence-electron chi connectivity index (χ1n) is 7.34. The number of thiophene rings is 1. The second-order valence-electron chi connectivity index (χ2n) is 5.80. The molecule has 2 heterocycles. The van der Waals surface area contributed by atoms with Crippen LogP contribution in [0.15, 0.2) is 22.5 Å². The van der Waals surface area contributed by atoms with Gasteiger partial charge in [0, 0.05) is 30.4 Å². The van der Waals surface area contributed by atoms with E-state index in [9.17, 15) is 0 Å². The predicted octanol–water partition coefficient (Wildman–Crippen LogP) is 3.46. The zero-order valence-corrected chi connectivity index (χ0v) is 15.2. The van der Waals surface area contributed by atoms with Gasteiger partial charge < -0.3 is 10.2 Å². The van der Waals surface area contributed by atoms with Crippen molar-refractivity contribution in [1.29, 1.82) is 0 Å². The van der Waals surface area contributed by atoms with Gasteiger partial charge in [-0.15, -0.1) is 35.3 Å². The first-order chi connectivity index (χ1) is 9.30. The monoisotopic (exact) mass is 405 g/mol. The van der Waals surface area contributed by atoms with Crippen molar-refractivity contribution in [3.05, 3.63) is 22.4 Å². The van der Waals surface area contributed by atoms with Crippen molar-refractivity contribution in [3.63, 3.8) is 0 Å². The molecule has 0 atom stereocenters. The molecule has 1 fully saturated rings. The second kappa shape index (κ2) is 7.11. The Bertz CT molecular complexity index is 438. The molecule has 0 amide bonds. The third-order valence-corrected chi connectivity index (χ3v) is 5.61. The number of nitrogens with zero attached hydrogens (tertiary/aromatic N) is 2. The van der Waals surface area contributed by atoms with E-state index in [-0.39, 0.29) is 24.0 Å². The Labute approximate surface area is 142 Å². The molecule has 3 nitrogen and oxygen atoms in total. The minimum Gasteiger partial charge on any atom is -0.355 e. The van der Waals surface area contributed by atoms with Crippen LogP contribution in [0.4, 0.5) is 0 Å². The van der Waals surface area contributed by atoms with E-state index < -0.39 is 0 Å². The summed E-state index contributed by atoms with van der Waals surface area (Å²) in [5.74, 6) is 1.08. The van der Waals surface area contributed by atoms with E-state index in [1.165, 1.54) is 32.1 Å². The maximum absolute atomic E-state index is 4.55. The smallest absolute Gasteiger partial charge is 0.193 e. The molecule has 1 saturated carbocycles. The van der Waals surface area contributed by atoms with E-state index in [0.717, 1.165) is 25.6 Å². The maximum Gasteiger partial charge on any atom is 0.193 e. The third kappa shape index (κ3) is 3.30. The van der Waals surface area contributed by atoms with Crippen LogP contribution < -0.4 is 5.32 Å². The molecule has 112 valence electrons. The van der Waals surface area contributed by atoms with Crippen molar-refractivity contribution in [2.24, 2.45) is 4.99 Å². The molecule has 1 aromatic rings. The molecule has 0 bridgehead atoms. The van der Waals surface area contributed by atoms with E-state index in [4.69, 9.17) is 0 Å². The van der Waals surface area contributed by atoms with Gasteiger partial charge in [-0.25, -0.2) is 0 Å². The molecule has 5 heteroatoms. The fourth-order valence-corrected chi connectivity index (χ4v) is 4.28. The van der Waals surface area contributed by atoms with Gasteiger partial charge in [-0.05, 0) is 24.3 Å². The highest BCUT2D eigenvalue weighted by atomic mass is 127. The van der Waals surface area contributed by atoms with Crippen molar-refractivity contribution in [2.75, 3.05) is 26.7 Å². The lowest BCUT2D eigenvalue weighted by Crippen LogP contribution is -2.45. The summed E-state index contributed by atoms with van der Waals surface area (Å²) in [7, 11) is 2.12. The number of guanidine groups is 1. The van der Waals surface area contributed by atoms with Gasteiger partial charge in [0.15, 0.2) is 5.96 Å². The highest BCUT2D eigenvalue weighted by Crippen LogP contribution is 2.41. The summed E-state index contributed by atoms with van der Waals surface area (Å²) in [4.78, 5) is 8.33. The molecule has 1 aliphatic heterocycles. The average molecular weight is 405 g/mol. The van der Waals surface area contributed by atoms with Crippen LogP contribution in [0.3, 0.4) is 0 Å². The minimum absolute atomic E-state index is 0. The van der Waals surface area contributed by atoms with Gasteiger partial charge >= 0.3 is 0 Å². The van der Waals surface area contributed by atoms with Gasteiger partial charge in [0.2, 0.25) is 0 Å². The molecule has 0 radical (unpaired) electrons. The number of aliphatic imine (C=N–C) groups is 1. The Hall–Kier alpha value is -0.300. The SMILES string of the molecule is CN1CCN=C1NCC1(c2cccs2)CCCCC1.I. The Kier molecular flexibility index (Phi) is 5.72. The van der Waals surface area contributed by atoms with Crippen molar-refractivity contribution in [1.82, 2.24) is 10.2 Å². The summed E-state index contributed by atoms with van der Waals surface area (Å²) in [5, 5.41) is 5.83. The second-order valence-corrected chi connectivity index (χ2v) is 6.75. The molecular formula is C15H24IN3S. The van der Waals surface area contributed by atoms with E-state index in [0.29, 0.717) is 5.41 Å². The Morgan fingerprint density at radius 2 is 2.15 bits per heavy atom. The molecule has 0 spiro atoms. The predicted molar refractivity (Wildman–Crippen MR) is 97.4 cm³/mol. The van der Waals surface area contributed by atoms with E-state index in [1.54, 1.807) is 4.88 Å². The summed E-state index contributed by atoms with van der Waals surface area (Å²) in [6.07, 6.45) is 6.76. The zero-order valence-electron chi connectivity index (χ0n) is 12.1. The van der Waals surface area contributed by atoms with Crippen molar-refractivity contribution in [2.45, 2.75) is 37.5 Å². The Morgan fingerprint density at radius 3 is 2.75 bits per heavy atom. The molecular weight excluding hydrogens is 381 g/mol. The number of hydrogen-bond donors (Lipinski definition) is 1. The zero-order chi connectivity index (χ0) is 13.1. The molecule has 2 aliphatic rings. The summed E-state index contributed by atoms with van der Waals surface area (Å²) < 4.78 is 0. The van der Waals surface area contributed by atoms with Gasteiger partial charge in [0.25, 0.3) is 0 Å². The molecule has 0 saturated heterocycles. The number of nitrogens with one attached hydrogen (secondary N) is 1. The lowest BCUT2D eigenvalue weighted by molar-refractivity contribution is 0.294. The van der Waals surface area contributed by atoms with E-state index in [1.807, 2.05) is 11.3 Å². The highest BCUT2D eigenvalue weighted by molar-refractivity contribution is 14.0. The van der Waals surface area contributed by atoms with Gasteiger partial charge in [0.05, 0.1) is 6.54 Å². The normalized spacial score (nSPS) is 21.2. The van der Waals surface area contributed by atoms with Crippen LogP contribution in [-0.4, -0.2) is 37.5 Å². The number of rotatable bonds is 3. The third-order valence-electron chi connectivity index (χ3n) is 4.50. The van der Waals surface area contributed by atoms with E-state index >= 15 is 0 Å². The van der Waals surface area contributed by atoms with Crippen LogP contribution in [0.5, 0.6) is 0 Å². The summed E-state index contributed by atoms with van der Waals surface area (Å²) in [5.41, 5.74) is 0.346. The molecule has 3 rings (SSSR count). The molecule has 1 aliphatic carbocycles. The quantitative estimate of drug-likeness (QED) is 0.781. The number of halogens is 1. The Morgan fingerprint density at radius 1 is 1.35 bits per heavy atom. The minimum atomic E-state index is 0. The summed E-state index contributed by atoms with van der Waals surface area (Å²) in [6.45, 7) is 3.02. The molecule has 0 aromatic carbocycles. The fourth-order valence-electron chi connectivity index (χ4n) is 3.29. The van der Waals surface area contributed by atoms with Crippen LogP contribution >= 0.6 is 35.3 Å². The van der Waals surface area contributed by atoms with Crippen LogP contribution in [0.2, 0.25) is 0 Å². The molecule has 1 N–H and O–H groups in total. The van der Waals surface area contributed by atoms with Crippen molar-refractivity contribution >= 4 is 41.3 Å². The topological polar surface area (TPSA) is 27.6 Å². The number of hydrogen-bond acceptors (Lipinski definition) is 4. The number of likely N-dealkylation sites (N-methyl/N-ethyl adjacent to an activating group) is 1. The lowest BCUT2D eigenvalue weighted by Gasteiger charge is -2.37. The van der Waals surface area contributed by atoms with Crippen LogP contribution in [0, 0.1) is 0 Å². The van der Waals surface area contributed by atoms with Gasteiger partial charge in [-0.3, -0.25) is 4.99 Å². The first-order valence-corrected chi connectivity index (χ1v) is 8.22. The van der Waals surface area contributed by atoms with Gasteiger partial charge in [-0.1, -0.05) is 25.3 Å². The van der Waals surface area contributed by atoms with Crippen LogP contribution in [-0.2, 0) is 5.41 Å². The van der Waals surface area contributed by atoms with Crippen LogP contribution in [0.1, 0.15) is 37.0 Å². The summed E-state index contributed by atoms with van der Waals surface area (Å²) >= 11 is 1.92. The molecule has 0 unspecified atom stereocenters. The largest absolute Gasteiger partial charge is 0.355 e. The van der Waals surface area contributed by atoms with Gasteiger partial charge in [-0.2, -0.15) is 0 Å². The standard InChI is InChI=1S/C15H23N3S.HI/c1-18-10-9-16-14(18)17-12-15(7-3-2-4-8-15)13-6-5-11-19-13;/h5-6,11H,2-4,7-10,12H2,1H3,(H,16,17);1H. The van der Waals surface area contributed by atoms with Crippen molar-refractivity contribution in [3.8, 4) is 0 Å². The molecule has 1 aromatic heterocycles. The molecule has 20 heavy (non-hydrogen) atoms. The van der Waals surface area contributed by atoms with Crippen molar-refractivity contribution < 1.29 is 0 Å².